The molecule has 0 aromatic carbocycles. The Hall–Kier alpha value is -1.52. The third-order valence-corrected chi connectivity index (χ3v) is 2.90. The Morgan fingerprint density at radius 3 is 2.50 bits per heavy atom. The average Bonchev–Trinajstić information content (AvgIpc) is 2.85. The van der Waals surface area contributed by atoms with Gasteiger partial charge in [-0.25, -0.2) is 4.79 Å². The van der Waals surface area contributed by atoms with Crippen molar-refractivity contribution < 1.29 is 9.53 Å². The molecule has 1 amide bonds. The first-order valence-electron chi connectivity index (χ1n) is 7.70. The second-order valence-electron chi connectivity index (χ2n) is 6.08. The Labute approximate surface area is 160 Å². The number of ether oxygens (including phenoxy) is 1. The number of nitrogens with one attached hydrogen (secondary N) is 3. The van der Waals surface area contributed by atoms with Gasteiger partial charge >= 0.3 is 6.09 Å². The Balaban J connectivity index is 0.00000529. The van der Waals surface area contributed by atoms with E-state index in [-0.39, 0.29) is 24.0 Å². The number of alkyl carbamates (subject to hydrolysis) is 1. The van der Waals surface area contributed by atoms with Gasteiger partial charge in [-0.3, -0.25) is 9.67 Å². The molecule has 0 aliphatic rings. The molecule has 1 heterocycles. The first kappa shape index (κ1) is 22.5. The van der Waals surface area contributed by atoms with Gasteiger partial charge in [-0.2, -0.15) is 5.10 Å². The molecule has 0 atom stereocenters. The number of amides is 1. The van der Waals surface area contributed by atoms with E-state index >= 15 is 0 Å². The zero-order chi connectivity index (χ0) is 17.3. The van der Waals surface area contributed by atoms with Crippen LogP contribution in [0.25, 0.3) is 0 Å². The molecule has 0 radical (unpaired) electrons. The van der Waals surface area contributed by atoms with E-state index in [9.17, 15) is 4.79 Å². The van der Waals surface area contributed by atoms with E-state index in [0.29, 0.717) is 25.6 Å². The predicted molar refractivity (Wildman–Crippen MR) is 106 cm³/mol. The Bertz CT molecular complexity index is 524. The number of halogens is 1. The van der Waals surface area contributed by atoms with E-state index in [4.69, 9.17) is 4.74 Å². The number of aryl methyl sites for hydroxylation is 1. The maximum atomic E-state index is 11.5. The Morgan fingerprint density at radius 1 is 1.29 bits per heavy atom. The zero-order valence-electron chi connectivity index (χ0n) is 15.0. The first-order valence-corrected chi connectivity index (χ1v) is 7.70. The van der Waals surface area contributed by atoms with Crippen molar-refractivity contribution in [3.63, 3.8) is 0 Å². The van der Waals surface area contributed by atoms with Crippen molar-refractivity contribution >= 4 is 36.0 Å². The molecule has 1 aromatic rings. The van der Waals surface area contributed by atoms with Crippen LogP contribution in [0.2, 0.25) is 0 Å². The van der Waals surface area contributed by atoms with Crippen molar-refractivity contribution in [1.29, 1.82) is 0 Å². The molecule has 0 unspecified atom stereocenters. The lowest BCUT2D eigenvalue weighted by Crippen LogP contribution is -2.39. The molecule has 8 nitrogen and oxygen atoms in total. The lowest BCUT2D eigenvalue weighted by atomic mass is 10.2. The molecule has 0 saturated carbocycles. The summed E-state index contributed by atoms with van der Waals surface area (Å²) in [5, 5.41) is 13.2. The van der Waals surface area contributed by atoms with E-state index < -0.39 is 11.7 Å². The standard InChI is InChI=1S/C15H28N6O2.HI/c1-15(2,3)23-14(22)18-9-6-8-17-13(16-4)19-11-12-7-10-20-21(12)5;/h7,10H,6,8-9,11H2,1-5H3,(H,18,22)(H2,16,17,19);1H. The van der Waals surface area contributed by atoms with Gasteiger partial charge in [-0.05, 0) is 33.3 Å². The van der Waals surface area contributed by atoms with E-state index in [1.807, 2.05) is 38.6 Å². The van der Waals surface area contributed by atoms with Gasteiger partial charge in [0, 0.05) is 33.4 Å². The largest absolute Gasteiger partial charge is 0.444 e. The fourth-order valence-corrected chi connectivity index (χ4v) is 1.77. The molecule has 1 aromatic heterocycles. The number of aliphatic imine (C=N–C) groups is 1. The summed E-state index contributed by atoms with van der Waals surface area (Å²) in [6.45, 7) is 7.40. The van der Waals surface area contributed by atoms with E-state index in [1.54, 1.807) is 13.2 Å². The average molecular weight is 452 g/mol. The number of carbonyl (C=O) groups excluding carboxylic acids is 1. The summed E-state index contributed by atoms with van der Waals surface area (Å²) in [4.78, 5) is 15.6. The summed E-state index contributed by atoms with van der Waals surface area (Å²) >= 11 is 0. The van der Waals surface area contributed by atoms with Gasteiger partial charge in [0.25, 0.3) is 0 Å². The minimum absolute atomic E-state index is 0. The highest BCUT2D eigenvalue weighted by atomic mass is 127. The lowest BCUT2D eigenvalue weighted by Gasteiger charge is -2.19. The summed E-state index contributed by atoms with van der Waals surface area (Å²) in [6, 6.07) is 1.95. The first-order chi connectivity index (χ1) is 10.8. The molecule has 0 spiro atoms. The van der Waals surface area contributed by atoms with Gasteiger partial charge in [0.15, 0.2) is 5.96 Å². The van der Waals surface area contributed by atoms with Gasteiger partial charge in [-0.1, -0.05) is 0 Å². The minimum atomic E-state index is -0.472. The molecule has 0 bridgehead atoms. The number of carbonyl (C=O) groups is 1. The fraction of sp³-hybridized carbons (Fsp3) is 0.667. The zero-order valence-corrected chi connectivity index (χ0v) is 17.4. The number of hydrogen-bond donors (Lipinski definition) is 3. The third-order valence-electron chi connectivity index (χ3n) is 2.90. The summed E-state index contributed by atoms with van der Waals surface area (Å²) in [6.07, 6.45) is 2.14. The van der Waals surface area contributed by atoms with Crippen LogP contribution in [0.4, 0.5) is 4.79 Å². The molecule has 3 N–H and O–H groups in total. The molecule has 0 saturated heterocycles. The van der Waals surface area contributed by atoms with Crippen molar-refractivity contribution in [3.05, 3.63) is 18.0 Å². The number of nitrogens with zero attached hydrogens (tertiary/aromatic N) is 3. The maximum Gasteiger partial charge on any atom is 0.407 e. The second-order valence-corrected chi connectivity index (χ2v) is 6.08. The van der Waals surface area contributed by atoms with Crippen LogP contribution in [0.15, 0.2) is 17.3 Å². The van der Waals surface area contributed by atoms with E-state index in [1.165, 1.54) is 0 Å². The Morgan fingerprint density at radius 2 is 1.96 bits per heavy atom. The fourth-order valence-electron chi connectivity index (χ4n) is 1.77. The van der Waals surface area contributed by atoms with Gasteiger partial charge < -0.3 is 20.7 Å². The number of guanidine groups is 1. The van der Waals surface area contributed by atoms with Crippen molar-refractivity contribution in [3.8, 4) is 0 Å². The number of hydrogen-bond acceptors (Lipinski definition) is 4. The number of rotatable bonds is 6. The highest BCUT2D eigenvalue weighted by Crippen LogP contribution is 2.06. The molecule has 138 valence electrons. The van der Waals surface area contributed by atoms with Crippen molar-refractivity contribution in [1.82, 2.24) is 25.7 Å². The van der Waals surface area contributed by atoms with Crippen LogP contribution < -0.4 is 16.0 Å². The number of aromatic nitrogens is 2. The summed E-state index contributed by atoms with van der Waals surface area (Å²) < 4.78 is 6.97. The minimum Gasteiger partial charge on any atom is -0.444 e. The molecule has 0 aliphatic carbocycles. The van der Waals surface area contributed by atoms with Crippen LogP contribution in [-0.4, -0.2) is 47.6 Å². The van der Waals surface area contributed by atoms with E-state index in [2.05, 4.69) is 26.0 Å². The second kappa shape index (κ2) is 11.1. The Kier molecular flexibility index (Phi) is 10.4. The van der Waals surface area contributed by atoms with Crippen LogP contribution in [-0.2, 0) is 18.3 Å². The van der Waals surface area contributed by atoms with Crippen molar-refractivity contribution in [2.24, 2.45) is 12.0 Å². The van der Waals surface area contributed by atoms with Crippen LogP contribution in [0.3, 0.4) is 0 Å². The third kappa shape index (κ3) is 9.58. The normalized spacial score (nSPS) is 11.5. The van der Waals surface area contributed by atoms with E-state index in [0.717, 1.165) is 12.1 Å². The molecule has 0 fully saturated rings. The smallest absolute Gasteiger partial charge is 0.407 e. The molecule has 9 heteroatoms. The monoisotopic (exact) mass is 452 g/mol. The van der Waals surface area contributed by atoms with Crippen LogP contribution in [0, 0.1) is 0 Å². The van der Waals surface area contributed by atoms with Crippen LogP contribution in [0.5, 0.6) is 0 Å². The van der Waals surface area contributed by atoms with Crippen LogP contribution in [0.1, 0.15) is 32.9 Å². The van der Waals surface area contributed by atoms with Gasteiger partial charge in [0.05, 0.1) is 12.2 Å². The quantitative estimate of drug-likeness (QED) is 0.264. The summed E-state index contributed by atoms with van der Waals surface area (Å²) in [7, 11) is 3.62. The van der Waals surface area contributed by atoms with Gasteiger partial charge in [0.2, 0.25) is 0 Å². The predicted octanol–water partition coefficient (Wildman–Crippen LogP) is 1.62. The molecular formula is C15H29IN6O2. The highest BCUT2D eigenvalue weighted by molar-refractivity contribution is 14.0. The topological polar surface area (TPSA) is 92.6 Å². The summed E-state index contributed by atoms with van der Waals surface area (Å²) in [5.41, 5.74) is 0.597. The SMILES string of the molecule is CN=C(NCCCNC(=O)OC(C)(C)C)NCc1ccnn1C.I. The lowest BCUT2D eigenvalue weighted by molar-refractivity contribution is 0.0527. The van der Waals surface area contributed by atoms with Gasteiger partial charge in [-0.15, -0.1) is 24.0 Å². The maximum absolute atomic E-state index is 11.5. The molecule has 0 aliphatic heterocycles. The molecule has 1 rings (SSSR count). The summed E-state index contributed by atoms with van der Waals surface area (Å²) in [5.74, 6) is 0.712. The van der Waals surface area contributed by atoms with Crippen LogP contribution >= 0.6 is 24.0 Å². The highest BCUT2D eigenvalue weighted by Gasteiger charge is 2.15. The molecule has 24 heavy (non-hydrogen) atoms. The van der Waals surface area contributed by atoms with Crippen molar-refractivity contribution in [2.45, 2.75) is 39.3 Å². The van der Waals surface area contributed by atoms with Gasteiger partial charge in [0.1, 0.15) is 5.60 Å². The molecular weight excluding hydrogens is 423 g/mol. The van der Waals surface area contributed by atoms with Crippen molar-refractivity contribution in [2.75, 3.05) is 20.1 Å².